The van der Waals surface area contributed by atoms with Crippen LogP contribution in [0.1, 0.15) is 18.5 Å². The molecule has 1 aromatic carbocycles. The van der Waals surface area contributed by atoms with Gasteiger partial charge in [-0.2, -0.15) is 0 Å². The topological polar surface area (TPSA) is 71.6 Å². The van der Waals surface area contributed by atoms with Gasteiger partial charge < -0.3 is 24.6 Å². The average Bonchev–Trinajstić information content (AvgIpc) is 3.28. The second-order valence-electron chi connectivity index (χ2n) is 10.0. The first-order valence-corrected chi connectivity index (χ1v) is 13.2. The number of benzene rings is 1. The van der Waals surface area contributed by atoms with E-state index in [2.05, 4.69) is 31.7 Å². The van der Waals surface area contributed by atoms with Crippen LogP contribution in [0.3, 0.4) is 0 Å². The number of likely N-dealkylation sites (N-methyl/N-ethyl adjacent to an activating group) is 1. The largest absolute Gasteiger partial charge is 0.357 e. The highest BCUT2D eigenvalue weighted by atomic mass is 35.5. The first kappa shape index (κ1) is 23.3. The molecular weight excluding hydrogens is 474 g/mol. The standard InChI is InChI=1S/C27H32ClN7O/c1-32-14-16-34(17-15-32)27-30-22-9-13-35(23-6-5-20(28)18-21(23)25(22)31-27)26(36)19-7-11-33(12-8-19)24-4-2-3-10-29-24/h2-6,10,18-19H,7-9,11-17H2,1H3,(H,30,31). The van der Waals surface area contributed by atoms with Gasteiger partial charge in [0.1, 0.15) is 5.82 Å². The van der Waals surface area contributed by atoms with E-state index in [-0.39, 0.29) is 11.8 Å². The Labute approximate surface area is 216 Å². The van der Waals surface area contributed by atoms with Gasteiger partial charge in [-0.3, -0.25) is 4.79 Å². The van der Waals surface area contributed by atoms with Crippen LogP contribution in [0.4, 0.5) is 17.5 Å². The maximum Gasteiger partial charge on any atom is 0.230 e. The minimum absolute atomic E-state index is 0.00112. The molecule has 1 amide bonds. The van der Waals surface area contributed by atoms with Crippen molar-refractivity contribution in [2.75, 3.05) is 67.6 Å². The van der Waals surface area contributed by atoms with Crippen molar-refractivity contribution in [3.63, 3.8) is 0 Å². The molecule has 2 saturated heterocycles. The summed E-state index contributed by atoms with van der Waals surface area (Å²) in [7, 11) is 2.15. The molecule has 0 spiro atoms. The minimum Gasteiger partial charge on any atom is -0.357 e. The molecule has 36 heavy (non-hydrogen) atoms. The zero-order valence-corrected chi connectivity index (χ0v) is 21.4. The highest BCUT2D eigenvalue weighted by molar-refractivity contribution is 6.31. The summed E-state index contributed by atoms with van der Waals surface area (Å²) in [6.07, 6.45) is 4.21. The predicted octanol–water partition coefficient (Wildman–Crippen LogP) is 3.68. The molecule has 9 heteroatoms. The number of aromatic nitrogens is 3. The van der Waals surface area contributed by atoms with Crippen molar-refractivity contribution >= 4 is 35.0 Å². The third-order valence-corrected chi connectivity index (χ3v) is 7.98. The van der Waals surface area contributed by atoms with Gasteiger partial charge in [0.25, 0.3) is 0 Å². The van der Waals surface area contributed by atoms with Crippen molar-refractivity contribution in [2.24, 2.45) is 5.92 Å². The summed E-state index contributed by atoms with van der Waals surface area (Å²) in [4.78, 5) is 35.8. The maximum atomic E-state index is 13.8. The molecule has 1 N–H and O–H groups in total. The third-order valence-electron chi connectivity index (χ3n) is 7.74. The molecule has 5 heterocycles. The fourth-order valence-electron chi connectivity index (χ4n) is 5.59. The Hall–Kier alpha value is -3.10. The lowest BCUT2D eigenvalue weighted by Gasteiger charge is -2.35. The molecule has 3 aliphatic heterocycles. The number of pyridine rings is 1. The Morgan fingerprint density at radius 3 is 2.56 bits per heavy atom. The minimum atomic E-state index is -0.00112. The number of fused-ring (bicyclic) bond motifs is 3. The first-order chi connectivity index (χ1) is 17.6. The highest BCUT2D eigenvalue weighted by Gasteiger charge is 2.33. The number of carbonyl (C=O) groups is 1. The Bertz CT molecular complexity index is 1230. The zero-order chi connectivity index (χ0) is 24.6. The number of piperazine rings is 1. The molecule has 0 saturated carbocycles. The van der Waals surface area contributed by atoms with Crippen LogP contribution in [0.15, 0.2) is 42.6 Å². The van der Waals surface area contributed by atoms with Crippen molar-refractivity contribution in [3.05, 3.63) is 53.3 Å². The predicted molar refractivity (Wildman–Crippen MR) is 144 cm³/mol. The van der Waals surface area contributed by atoms with E-state index in [9.17, 15) is 4.79 Å². The molecule has 0 unspecified atom stereocenters. The lowest BCUT2D eigenvalue weighted by Crippen LogP contribution is -2.45. The number of anilines is 3. The van der Waals surface area contributed by atoms with Crippen molar-refractivity contribution in [2.45, 2.75) is 19.3 Å². The number of amides is 1. The monoisotopic (exact) mass is 505 g/mol. The van der Waals surface area contributed by atoms with Crippen LogP contribution in [0.25, 0.3) is 11.3 Å². The summed E-state index contributed by atoms with van der Waals surface area (Å²) in [5.41, 5.74) is 3.84. The first-order valence-electron chi connectivity index (χ1n) is 12.9. The molecule has 0 bridgehead atoms. The molecule has 3 aromatic rings. The number of hydrogen-bond donors (Lipinski definition) is 1. The van der Waals surface area contributed by atoms with E-state index in [1.54, 1.807) is 0 Å². The third kappa shape index (κ3) is 4.44. The summed E-state index contributed by atoms with van der Waals surface area (Å²) in [5.74, 6) is 2.10. The van der Waals surface area contributed by atoms with Crippen molar-refractivity contribution in [1.29, 1.82) is 0 Å². The van der Waals surface area contributed by atoms with Gasteiger partial charge in [0.05, 0.1) is 11.4 Å². The van der Waals surface area contributed by atoms with Gasteiger partial charge in [0.15, 0.2) is 0 Å². The van der Waals surface area contributed by atoms with Gasteiger partial charge in [-0.05, 0) is 50.2 Å². The Kier molecular flexibility index (Phi) is 6.31. The molecule has 0 aliphatic carbocycles. The molecule has 2 fully saturated rings. The molecular formula is C27H32ClN7O. The quantitative estimate of drug-likeness (QED) is 0.585. The van der Waals surface area contributed by atoms with Crippen LogP contribution in [0.2, 0.25) is 5.02 Å². The zero-order valence-electron chi connectivity index (χ0n) is 20.7. The van der Waals surface area contributed by atoms with Crippen molar-refractivity contribution in [3.8, 4) is 11.3 Å². The number of hydrogen-bond acceptors (Lipinski definition) is 6. The molecule has 188 valence electrons. The van der Waals surface area contributed by atoms with Gasteiger partial charge in [-0.25, -0.2) is 9.97 Å². The van der Waals surface area contributed by atoms with Crippen LogP contribution < -0.4 is 14.7 Å². The fraction of sp³-hybridized carbons (Fsp3) is 0.444. The summed E-state index contributed by atoms with van der Waals surface area (Å²) >= 11 is 6.45. The second-order valence-corrected chi connectivity index (χ2v) is 10.5. The molecule has 2 aromatic heterocycles. The molecule has 3 aliphatic rings. The summed E-state index contributed by atoms with van der Waals surface area (Å²) in [5, 5.41) is 0.654. The van der Waals surface area contributed by atoms with E-state index >= 15 is 0 Å². The van der Waals surface area contributed by atoms with Gasteiger partial charge in [0.2, 0.25) is 11.9 Å². The maximum absolute atomic E-state index is 13.8. The van der Waals surface area contributed by atoms with Gasteiger partial charge in [-0.15, -0.1) is 0 Å². The lowest BCUT2D eigenvalue weighted by atomic mass is 9.94. The van der Waals surface area contributed by atoms with Crippen LogP contribution in [0.5, 0.6) is 0 Å². The second kappa shape index (κ2) is 9.75. The number of rotatable bonds is 3. The van der Waals surface area contributed by atoms with Crippen molar-refractivity contribution in [1.82, 2.24) is 19.9 Å². The number of aromatic amines is 1. The fourth-order valence-corrected chi connectivity index (χ4v) is 5.76. The van der Waals surface area contributed by atoms with E-state index in [1.165, 1.54) is 0 Å². The number of piperidine rings is 1. The number of halogens is 1. The van der Waals surface area contributed by atoms with E-state index in [4.69, 9.17) is 16.6 Å². The van der Waals surface area contributed by atoms with E-state index in [1.807, 2.05) is 47.5 Å². The van der Waals surface area contributed by atoms with E-state index in [0.29, 0.717) is 11.6 Å². The van der Waals surface area contributed by atoms with Gasteiger partial charge in [-0.1, -0.05) is 17.7 Å². The lowest BCUT2D eigenvalue weighted by molar-refractivity contribution is -0.123. The molecule has 0 radical (unpaired) electrons. The van der Waals surface area contributed by atoms with Crippen LogP contribution in [0, 0.1) is 5.92 Å². The number of nitrogens with zero attached hydrogens (tertiary/aromatic N) is 6. The van der Waals surface area contributed by atoms with Crippen molar-refractivity contribution < 1.29 is 4.79 Å². The van der Waals surface area contributed by atoms with E-state index in [0.717, 1.165) is 92.9 Å². The van der Waals surface area contributed by atoms with Crippen LogP contribution >= 0.6 is 11.6 Å². The Balaban J connectivity index is 1.24. The number of carbonyl (C=O) groups excluding carboxylic acids is 1. The van der Waals surface area contributed by atoms with Gasteiger partial charge in [0, 0.05) is 80.6 Å². The number of H-pyrrole nitrogens is 1. The summed E-state index contributed by atoms with van der Waals surface area (Å²) < 4.78 is 0. The normalized spacial score (nSPS) is 19.1. The molecule has 8 nitrogen and oxygen atoms in total. The average molecular weight is 506 g/mol. The van der Waals surface area contributed by atoms with Crippen LogP contribution in [-0.4, -0.2) is 78.6 Å². The Morgan fingerprint density at radius 2 is 1.81 bits per heavy atom. The molecule has 0 atom stereocenters. The highest BCUT2D eigenvalue weighted by Crippen LogP contribution is 2.39. The van der Waals surface area contributed by atoms with E-state index < -0.39 is 0 Å². The number of nitrogens with one attached hydrogen (secondary N) is 1. The van der Waals surface area contributed by atoms with Gasteiger partial charge >= 0.3 is 0 Å². The SMILES string of the molecule is CN1CCN(c2nc3c([nH]2)CCN(C(=O)C2CCN(c4ccccn4)CC2)c2ccc(Cl)cc2-3)CC1. The summed E-state index contributed by atoms with van der Waals surface area (Å²) in [6.45, 7) is 6.25. The smallest absolute Gasteiger partial charge is 0.230 e. The summed E-state index contributed by atoms with van der Waals surface area (Å²) in [6, 6.07) is 11.8. The number of imidazole rings is 1. The van der Waals surface area contributed by atoms with Crippen LogP contribution in [-0.2, 0) is 11.2 Å². The molecule has 6 rings (SSSR count). The Morgan fingerprint density at radius 1 is 1.00 bits per heavy atom.